The number of allylic oxidation sites excluding steroid dienone is 1. The van der Waals surface area contributed by atoms with E-state index in [2.05, 4.69) is 36.4 Å². The molecule has 0 heterocycles. The third-order valence-corrected chi connectivity index (χ3v) is 3.31. The number of rotatable bonds is 3. The number of benzene rings is 1. The predicted octanol–water partition coefficient (Wildman–Crippen LogP) is 3.45. The highest BCUT2D eigenvalue weighted by molar-refractivity contribution is 5.16. The van der Waals surface area contributed by atoms with Gasteiger partial charge in [-0.1, -0.05) is 42.0 Å². The van der Waals surface area contributed by atoms with Gasteiger partial charge in [0.05, 0.1) is 0 Å². The molecule has 0 bridgehead atoms. The quantitative estimate of drug-likeness (QED) is 0.768. The Balaban J connectivity index is 1.80. The van der Waals surface area contributed by atoms with E-state index in [1.807, 2.05) is 0 Å². The molecule has 1 fully saturated rings. The molecule has 0 spiro atoms. The van der Waals surface area contributed by atoms with Gasteiger partial charge in [-0.2, -0.15) is 0 Å². The minimum absolute atomic E-state index is 0.414. The predicted molar refractivity (Wildman–Crippen MR) is 69.3 cm³/mol. The summed E-state index contributed by atoms with van der Waals surface area (Å²) in [5, 5.41) is 0. The molecule has 0 aliphatic heterocycles. The van der Waals surface area contributed by atoms with Crippen LogP contribution in [-0.4, -0.2) is 6.04 Å². The molecule has 1 heteroatoms. The van der Waals surface area contributed by atoms with Gasteiger partial charge in [0.15, 0.2) is 0 Å². The zero-order chi connectivity index (χ0) is 11.2. The largest absolute Gasteiger partial charge is 0.327 e. The van der Waals surface area contributed by atoms with Crippen molar-refractivity contribution in [2.75, 3.05) is 0 Å². The van der Waals surface area contributed by atoms with Crippen molar-refractivity contribution >= 4 is 0 Å². The Hall–Kier alpha value is -1.08. The maximum atomic E-state index is 5.97. The monoisotopic (exact) mass is 215 g/mol. The van der Waals surface area contributed by atoms with Crippen molar-refractivity contribution in [3.05, 3.63) is 47.5 Å². The molecule has 0 saturated heterocycles. The van der Waals surface area contributed by atoms with Crippen LogP contribution in [0.1, 0.15) is 37.7 Å². The third kappa shape index (κ3) is 3.49. The number of nitrogens with two attached hydrogens (primary N) is 1. The molecule has 1 saturated carbocycles. The van der Waals surface area contributed by atoms with Gasteiger partial charge in [0.25, 0.3) is 0 Å². The van der Waals surface area contributed by atoms with Gasteiger partial charge in [-0.15, -0.1) is 0 Å². The zero-order valence-electron chi connectivity index (χ0n) is 9.86. The van der Waals surface area contributed by atoms with Crippen LogP contribution in [0.25, 0.3) is 0 Å². The van der Waals surface area contributed by atoms with Crippen molar-refractivity contribution in [3.8, 4) is 0 Å². The van der Waals surface area contributed by atoms with E-state index in [4.69, 9.17) is 5.73 Å². The molecular weight excluding hydrogens is 194 g/mol. The maximum absolute atomic E-state index is 5.97. The Kier molecular flexibility index (Phi) is 4.17. The molecule has 1 aliphatic rings. The third-order valence-electron chi connectivity index (χ3n) is 3.31. The van der Waals surface area contributed by atoms with Crippen molar-refractivity contribution in [1.29, 1.82) is 0 Å². The molecule has 0 aromatic heterocycles. The number of hydrogen-bond donors (Lipinski definition) is 1. The van der Waals surface area contributed by atoms with Crippen LogP contribution < -0.4 is 5.73 Å². The summed E-state index contributed by atoms with van der Waals surface area (Å²) in [4.78, 5) is 0. The van der Waals surface area contributed by atoms with E-state index in [0.717, 1.165) is 19.3 Å². The Labute approximate surface area is 98.4 Å². The van der Waals surface area contributed by atoms with Gasteiger partial charge in [-0.3, -0.25) is 0 Å². The van der Waals surface area contributed by atoms with Crippen molar-refractivity contribution in [2.45, 2.75) is 44.6 Å². The lowest BCUT2D eigenvalue weighted by Crippen LogP contribution is -2.23. The second kappa shape index (κ2) is 5.86. The molecule has 1 atom stereocenters. The SMILES string of the molecule is NC1CCCC(=CCCc2ccccc2)C1. The summed E-state index contributed by atoms with van der Waals surface area (Å²) in [6, 6.07) is 11.1. The van der Waals surface area contributed by atoms with E-state index in [0.29, 0.717) is 6.04 Å². The minimum Gasteiger partial charge on any atom is -0.327 e. The van der Waals surface area contributed by atoms with E-state index in [1.54, 1.807) is 5.57 Å². The molecule has 0 radical (unpaired) electrons. The highest BCUT2D eigenvalue weighted by Gasteiger charge is 2.11. The van der Waals surface area contributed by atoms with Crippen molar-refractivity contribution in [3.63, 3.8) is 0 Å². The molecule has 2 rings (SSSR count). The highest BCUT2D eigenvalue weighted by Crippen LogP contribution is 2.22. The topological polar surface area (TPSA) is 26.0 Å². The Morgan fingerprint density at radius 2 is 2.06 bits per heavy atom. The molecule has 1 unspecified atom stereocenters. The van der Waals surface area contributed by atoms with Crippen LogP contribution in [0.4, 0.5) is 0 Å². The van der Waals surface area contributed by atoms with Crippen LogP contribution in [-0.2, 0) is 6.42 Å². The first-order valence-electron chi connectivity index (χ1n) is 6.32. The lowest BCUT2D eigenvalue weighted by molar-refractivity contribution is 0.516. The zero-order valence-corrected chi connectivity index (χ0v) is 9.86. The standard InChI is InChI=1S/C15H21N/c16-15-11-5-10-14(12-15)9-4-8-13-6-2-1-3-7-13/h1-3,6-7,9,15H,4-5,8,10-12,16H2. The normalized spacial score (nSPS) is 23.6. The Morgan fingerprint density at radius 3 is 2.81 bits per heavy atom. The number of aryl methyl sites for hydroxylation is 1. The smallest absolute Gasteiger partial charge is 0.00761 e. The summed E-state index contributed by atoms with van der Waals surface area (Å²) in [6.45, 7) is 0. The summed E-state index contributed by atoms with van der Waals surface area (Å²) in [6.07, 6.45) is 9.59. The lowest BCUT2D eigenvalue weighted by Gasteiger charge is -2.20. The molecule has 1 aliphatic carbocycles. The molecule has 86 valence electrons. The molecule has 16 heavy (non-hydrogen) atoms. The summed E-state index contributed by atoms with van der Waals surface area (Å²) in [5.74, 6) is 0. The van der Waals surface area contributed by atoms with E-state index >= 15 is 0 Å². The summed E-state index contributed by atoms with van der Waals surface area (Å²) in [5.41, 5.74) is 8.98. The van der Waals surface area contributed by atoms with Gasteiger partial charge in [0, 0.05) is 6.04 Å². The second-order valence-corrected chi connectivity index (χ2v) is 4.74. The molecule has 0 amide bonds. The average Bonchev–Trinajstić information content (AvgIpc) is 2.30. The van der Waals surface area contributed by atoms with Crippen LogP contribution in [0, 0.1) is 0 Å². The highest BCUT2D eigenvalue weighted by atomic mass is 14.6. The van der Waals surface area contributed by atoms with Crippen LogP contribution in [0.5, 0.6) is 0 Å². The fraction of sp³-hybridized carbons (Fsp3) is 0.467. The average molecular weight is 215 g/mol. The molecule has 1 aromatic carbocycles. The Bertz CT molecular complexity index is 340. The van der Waals surface area contributed by atoms with Gasteiger partial charge < -0.3 is 5.73 Å². The van der Waals surface area contributed by atoms with Crippen LogP contribution >= 0.6 is 0 Å². The maximum Gasteiger partial charge on any atom is 0.00761 e. The first kappa shape index (κ1) is 11.4. The Morgan fingerprint density at radius 1 is 1.25 bits per heavy atom. The van der Waals surface area contributed by atoms with Crippen LogP contribution in [0.2, 0.25) is 0 Å². The van der Waals surface area contributed by atoms with E-state index < -0.39 is 0 Å². The van der Waals surface area contributed by atoms with Crippen LogP contribution in [0.15, 0.2) is 42.0 Å². The fourth-order valence-corrected chi connectivity index (χ4v) is 2.41. The number of hydrogen-bond acceptors (Lipinski definition) is 1. The minimum atomic E-state index is 0.414. The van der Waals surface area contributed by atoms with Crippen molar-refractivity contribution in [2.24, 2.45) is 5.73 Å². The van der Waals surface area contributed by atoms with Gasteiger partial charge in [-0.25, -0.2) is 0 Å². The van der Waals surface area contributed by atoms with Gasteiger partial charge >= 0.3 is 0 Å². The molecule has 1 nitrogen and oxygen atoms in total. The van der Waals surface area contributed by atoms with Gasteiger partial charge in [0.1, 0.15) is 0 Å². The summed E-state index contributed by atoms with van der Waals surface area (Å²) in [7, 11) is 0. The lowest BCUT2D eigenvalue weighted by atomic mass is 9.90. The van der Waals surface area contributed by atoms with Crippen LogP contribution in [0.3, 0.4) is 0 Å². The first-order chi connectivity index (χ1) is 7.84. The van der Waals surface area contributed by atoms with Gasteiger partial charge in [-0.05, 0) is 44.1 Å². The van der Waals surface area contributed by atoms with Crippen molar-refractivity contribution in [1.82, 2.24) is 0 Å². The van der Waals surface area contributed by atoms with Crippen molar-refractivity contribution < 1.29 is 0 Å². The molecular formula is C15H21N. The summed E-state index contributed by atoms with van der Waals surface area (Å²) >= 11 is 0. The molecule has 2 N–H and O–H groups in total. The van der Waals surface area contributed by atoms with E-state index in [9.17, 15) is 0 Å². The van der Waals surface area contributed by atoms with E-state index in [-0.39, 0.29) is 0 Å². The second-order valence-electron chi connectivity index (χ2n) is 4.74. The van der Waals surface area contributed by atoms with E-state index in [1.165, 1.54) is 24.8 Å². The molecule has 1 aromatic rings. The van der Waals surface area contributed by atoms with Gasteiger partial charge in [0.2, 0.25) is 0 Å². The summed E-state index contributed by atoms with van der Waals surface area (Å²) < 4.78 is 0. The first-order valence-corrected chi connectivity index (χ1v) is 6.32. The fourth-order valence-electron chi connectivity index (χ4n) is 2.41.